The van der Waals surface area contributed by atoms with E-state index in [1.165, 1.54) is 23.6 Å². The van der Waals surface area contributed by atoms with Gasteiger partial charge >= 0.3 is 0 Å². The van der Waals surface area contributed by atoms with Crippen LogP contribution < -0.4 is 15.5 Å². The van der Waals surface area contributed by atoms with Gasteiger partial charge < -0.3 is 25.3 Å². The molecule has 0 aliphatic carbocycles. The lowest BCUT2D eigenvalue weighted by atomic mass is 10.0. The van der Waals surface area contributed by atoms with Crippen molar-refractivity contribution in [1.82, 2.24) is 19.7 Å². The van der Waals surface area contributed by atoms with Gasteiger partial charge in [-0.05, 0) is 49.3 Å². The van der Waals surface area contributed by atoms with Crippen LogP contribution >= 0.6 is 46.1 Å². The molecule has 2 fully saturated rings. The molecule has 0 radical (unpaired) electrons. The largest absolute Gasteiger partial charge is 0.368 e. The maximum atomic E-state index is 14.0. The van der Waals surface area contributed by atoms with Gasteiger partial charge in [0.15, 0.2) is 0 Å². The van der Waals surface area contributed by atoms with Gasteiger partial charge in [-0.15, -0.1) is 11.3 Å². The quantitative estimate of drug-likeness (QED) is 0.373. The maximum Gasteiger partial charge on any atom is 0.259 e. The molecule has 2 saturated heterocycles. The Kier molecular flexibility index (Phi) is 9.70. The second-order valence-electron chi connectivity index (χ2n) is 10.4. The number of amides is 2. The summed E-state index contributed by atoms with van der Waals surface area (Å²) in [7, 11) is 4.18. The smallest absolute Gasteiger partial charge is 0.259 e. The number of nitrogens with zero attached hydrogens (tertiary/aromatic N) is 5. The molecule has 4 heterocycles. The number of carbonyl (C=O) groups excluding carboxylic acids is 2. The molecule has 0 atom stereocenters. The van der Waals surface area contributed by atoms with Gasteiger partial charge in [-0.2, -0.15) is 0 Å². The third-order valence-corrected chi connectivity index (χ3v) is 9.31. The molecular formula is C28H32Cl3N7O2S. The minimum Gasteiger partial charge on any atom is -0.368 e. The topological polar surface area (TPSA) is 84.0 Å². The van der Waals surface area contributed by atoms with Crippen molar-refractivity contribution < 1.29 is 9.59 Å². The van der Waals surface area contributed by atoms with Crippen molar-refractivity contribution in [3.8, 4) is 0 Å². The van der Waals surface area contributed by atoms with Crippen LogP contribution in [0, 0.1) is 0 Å². The summed E-state index contributed by atoms with van der Waals surface area (Å²) in [5.74, 6) is -0.627. The molecule has 13 heteroatoms. The van der Waals surface area contributed by atoms with Crippen molar-refractivity contribution in [2.24, 2.45) is 0 Å². The third kappa shape index (κ3) is 7.32. The summed E-state index contributed by atoms with van der Waals surface area (Å²) in [4.78, 5) is 40.7. The number of likely N-dealkylation sites (N-methyl/N-ethyl adjacent to an activating group) is 2. The molecule has 9 nitrogen and oxygen atoms in total. The zero-order valence-corrected chi connectivity index (χ0v) is 26.0. The lowest BCUT2D eigenvalue weighted by molar-refractivity contribution is 0.0990. The Morgan fingerprint density at radius 2 is 1.56 bits per heavy atom. The maximum absolute atomic E-state index is 14.0. The lowest BCUT2D eigenvalue weighted by Crippen LogP contribution is -2.45. The van der Waals surface area contributed by atoms with Crippen LogP contribution in [0.3, 0.4) is 0 Å². The van der Waals surface area contributed by atoms with Crippen LogP contribution in [-0.2, 0) is 6.54 Å². The van der Waals surface area contributed by atoms with Crippen LogP contribution in [0.4, 0.5) is 16.5 Å². The number of rotatable bonds is 7. The number of pyridine rings is 1. The van der Waals surface area contributed by atoms with Gasteiger partial charge in [-0.25, -0.2) is 4.98 Å². The molecule has 0 bridgehead atoms. The molecule has 2 amide bonds. The highest BCUT2D eigenvalue weighted by atomic mass is 35.5. The number of aromatic nitrogens is 1. The summed E-state index contributed by atoms with van der Waals surface area (Å²) >= 11 is 20.6. The Labute approximate surface area is 259 Å². The van der Waals surface area contributed by atoms with Gasteiger partial charge in [-0.1, -0.05) is 34.8 Å². The van der Waals surface area contributed by atoms with Crippen molar-refractivity contribution >= 4 is 74.5 Å². The molecule has 0 saturated carbocycles. The highest BCUT2D eigenvalue weighted by molar-refractivity contribution is 7.15. The highest BCUT2D eigenvalue weighted by Crippen LogP contribution is 2.36. The molecule has 41 heavy (non-hydrogen) atoms. The van der Waals surface area contributed by atoms with E-state index in [9.17, 15) is 9.59 Å². The predicted octanol–water partition coefficient (Wildman–Crippen LogP) is 5.11. The van der Waals surface area contributed by atoms with E-state index in [0.29, 0.717) is 51.2 Å². The first-order valence-corrected chi connectivity index (χ1v) is 15.4. The number of nitrogens with one attached hydrogen (secondary N) is 2. The first kappa shape index (κ1) is 30.0. The van der Waals surface area contributed by atoms with Crippen molar-refractivity contribution in [2.45, 2.75) is 6.54 Å². The SMILES string of the molecule is CN1CCN(Cc2csc(NC(=O)c3c(C(=O)Nc4ccc(Cl)cn4)cc(Cl)cc3N3CCN(C)CC3)c2Cl)CC1. The van der Waals surface area contributed by atoms with Crippen LogP contribution in [-0.4, -0.2) is 98.0 Å². The fourth-order valence-corrected chi connectivity index (χ4v) is 6.45. The summed E-state index contributed by atoms with van der Waals surface area (Å²) < 4.78 is 0. The van der Waals surface area contributed by atoms with E-state index < -0.39 is 11.8 Å². The summed E-state index contributed by atoms with van der Waals surface area (Å²) in [5, 5.41) is 9.62. The Morgan fingerprint density at radius 1 is 0.878 bits per heavy atom. The number of thiophene rings is 1. The van der Waals surface area contributed by atoms with Crippen molar-refractivity contribution in [3.63, 3.8) is 0 Å². The molecule has 0 unspecified atom stereocenters. The normalized spacial score (nSPS) is 17.0. The number of carbonyl (C=O) groups is 2. The average Bonchev–Trinajstić information content (AvgIpc) is 3.29. The molecule has 5 rings (SSSR count). The molecular weight excluding hydrogens is 605 g/mol. The van der Waals surface area contributed by atoms with Crippen molar-refractivity contribution in [1.29, 1.82) is 0 Å². The van der Waals surface area contributed by atoms with E-state index in [2.05, 4.69) is 49.3 Å². The van der Waals surface area contributed by atoms with Crippen LogP contribution in [0.2, 0.25) is 15.1 Å². The van der Waals surface area contributed by atoms with Crippen molar-refractivity contribution in [3.05, 3.63) is 67.6 Å². The molecule has 218 valence electrons. The lowest BCUT2D eigenvalue weighted by Gasteiger charge is -2.35. The second-order valence-corrected chi connectivity index (χ2v) is 12.5. The van der Waals surface area contributed by atoms with Crippen LogP contribution in [0.25, 0.3) is 0 Å². The summed E-state index contributed by atoms with van der Waals surface area (Å²) in [5.41, 5.74) is 1.95. The Hall–Kier alpha value is -2.44. The molecule has 1 aromatic carbocycles. The predicted molar refractivity (Wildman–Crippen MR) is 168 cm³/mol. The molecule has 2 aromatic heterocycles. The highest BCUT2D eigenvalue weighted by Gasteiger charge is 2.28. The van der Waals surface area contributed by atoms with Gasteiger partial charge in [-0.3, -0.25) is 14.5 Å². The second kappa shape index (κ2) is 13.2. The van der Waals surface area contributed by atoms with Crippen LogP contribution in [0.1, 0.15) is 26.3 Å². The number of benzene rings is 1. The van der Waals surface area contributed by atoms with Gasteiger partial charge in [0.1, 0.15) is 10.8 Å². The Morgan fingerprint density at radius 3 is 2.22 bits per heavy atom. The monoisotopic (exact) mass is 635 g/mol. The Balaban J connectivity index is 1.44. The average molecular weight is 637 g/mol. The molecule has 0 spiro atoms. The zero-order valence-electron chi connectivity index (χ0n) is 22.9. The third-order valence-electron chi connectivity index (χ3n) is 7.38. The Bertz CT molecular complexity index is 1400. The van der Waals surface area contributed by atoms with Crippen LogP contribution in [0.5, 0.6) is 0 Å². The number of halogens is 3. The number of hydrogen-bond acceptors (Lipinski definition) is 8. The number of piperazine rings is 2. The van der Waals surface area contributed by atoms with E-state index >= 15 is 0 Å². The fraction of sp³-hybridized carbons (Fsp3) is 0.393. The van der Waals surface area contributed by atoms with Gasteiger partial charge in [0.25, 0.3) is 11.8 Å². The zero-order chi connectivity index (χ0) is 29.1. The number of anilines is 3. The minimum atomic E-state index is -0.504. The van der Waals surface area contributed by atoms with E-state index in [1.807, 2.05) is 5.38 Å². The van der Waals surface area contributed by atoms with Gasteiger partial charge in [0.05, 0.1) is 26.9 Å². The van der Waals surface area contributed by atoms with Gasteiger partial charge in [0, 0.05) is 70.1 Å². The molecule has 2 aliphatic heterocycles. The fourth-order valence-electron chi connectivity index (χ4n) is 4.92. The minimum absolute atomic E-state index is 0.144. The standard InChI is InChI=1S/C28H32Cl3N7O2S/c1-35-5-9-37(10-6-35)16-18-17-41-28(25(18)31)34-27(40)24-21(26(39)33-23-4-3-19(29)15-32-23)13-20(30)14-22(24)38-11-7-36(2)8-12-38/h3-4,13-15,17H,5-12,16H2,1-2H3,(H,34,40)(H,32,33,39). The molecule has 2 aliphatic rings. The summed E-state index contributed by atoms with van der Waals surface area (Å²) in [6.45, 7) is 7.66. The first-order valence-electron chi connectivity index (χ1n) is 13.4. The van der Waals surface area contributed by atoms with Gasteiger partial charge in [0.2, 0.25) is 0 Å². The van der Waals surface area contributed by atoms with Crippen molar-refractivity contribution in [2.75, 3.05) is 82.0 Å². The summed E-state index contributed by atoms with van der Waals surface area (Å²) in [6.07, 6.45) is 1.44. The molecule has 3 aromatic rings. The van der Waals surface area contributed by atoms with E-state index in [4.69, 9.17) is 34.8 Å². The van der Waals surface area contributed by atoms with Crippen LogP contribution in [0.15, 0.2) is 35.8 Å². The van der Waals surface area contributed by atoms with E-state index in [1.54, 1.807) is 18.2 Å². The van der Waals surface area contributed by atoms with E-state index in [0.717, 1.165) is 44.8 Å². The van der Waals surface area contributed by atoms with E-state index in [-0.39, 0.29) is 11.1 Å². The summed E-state index contributed by atoms with van der Waals surface area (Å²) in [6, 6.07) is 6.48. The number of hydrogen-bond donors (Lipinski definition) is 2. The first-order chi connectivity index (χ1) is 19.7. The molecule has 2 N–H and O–H groups in total.